The molecule has 1 rings (SSSR count). The van der Waals surface area contributed by atoms with E-state index in [1.165, 1.54) is 19.3 Å². The summed E-state index contributed by atoms with van der Waals surface area (Å²) in [6, 6.07) is 0. The fraction of sp³-hybridized carbons (Fsp3) is 0.917. The first-order chi connectivity index (χ1) is 7.51. The Hall–Kier alpha value is -0.930. The molecule has 0 N–H and O–H groups in total. The molecule has 0 aromatic carbocycles. The summed E-state index contributed by atoms with van der Waals surface area (Å²) in [7, 11) is 0. The molecule has 0 unspecified atom stereocenters. The summed E-state index contributed by atoms with van der Waals surface area (Å²) < 4.78 is 0. The monoisotopic (exact) mass is 224 g/mol. The second-order valence-electron chi connectivity index (χ2n) is 5.60. The van der Waals surface area contributed by atoms with E-state index < -0.39 is 0 Å². The molecule has 0 aliphatic rings. The molecule has 0 fully saturated rings. The first-order valence-electron chi connectivity index (χ1n) is 6.28. The topological polar surface area (TPSA) is 43.6 Å². The average Bonchev–Trinajstić information content (AvgIpc) is 2.58. The molecule has 0 saturated heterocycles. The summed E-state index contributed by atoms with van der Waals surface area (Å²) in [4.78, 5) is 1.73. The second-order valence-corrected chi connectivity index (χ2v) is 5.60. The second kappa shape index (κ2) is 5.97. The van der Waals surface area contributed by atoms with Gasteiger partial charge in [0.15, 0.2) is 5.82 Å². The van der Waals surface area contributed by atoms with Crippen molar-refractivity contribution < 1.29 is 0 Å². The Balaban J connectivity index is 2.34. The maximum atomic E-state index is 4.39. The van der Waals surface area contributed by atoms with Crippen LogP contribution in [0.25, 0.3) is 0 Å². The molecule has 0 atom stereocenters. The summed E-state index contributed by atoms with van der Waals surface area (Å²) >= 11 is 0. The normalized spacial score (nSPS) is 12.0. The highest BCUT2D eigenvalue weighted by molar-refractivity contribution is 4.83. The summed E-state index contributed by atoms with van der Waals surface area (Å²) in [5.41, 5.74) is 0.232. The maximum absolute atomic E-state index is 4.39. The highest BCUT2D eigenvalue weighted by Gasteiger charge is 2.14. The van der Waals surface area contributed by atoms with Gasteiger partial charge in [-0.1, -0.05) is 47.0 Å². The van der Waals surface area contributed by atoms with Crippen molar-refractivity contribution in [3.05, 3.63) is 5.82 Å². The molecular weight excluding hydrogens is 200 g/mol. The van der Waals surface area contributed by atoms with E-state index in [1.54, 1.807) is 4.80 Å². The molecule has 0 saturated carbocycles. The van der Waals surface area contributed by atoms with Crippen molar-refractivity contribution in [3.8, 4) is 0 Å². The van der Waals surface area contributed by atoms with Crippen LogP contribution in [-0.4, -0.2) is 20.2 Å². The van der Waals surface area contributed by atoms with Gasteiger partial charge in [-0.15, -0.1) is 10.2 Å². The molecule has 1 aromatic heterocycles. The lowest BCUT2D eigenvalue weighted by molar-refractivity contribution is 0.398. The van der Waals surface area contributed by atoms with Gasteiger partial charge < -0.3 is 0 Å². The van der Waals surface area contributed by atoms with Crippen LogP contribution in [0, 0.1) is 5.41 Å². The van der Waals surface area contributed by atoms with E-state index in [-0.39, 0.29) is 5.41 Å². The third kappa shape index (κ3) is 5.24. The number of aromatic nitrogens is 4. The molecular formula is C12H24N4. The number of unbranched alkanes of at least 4 members (excludes halogenated alkanes) is 3. The van der Waals surface area contributed by atoms with Crippen molar-refractivity contribution in [2.75, 3.05) is 0 Å². The highest BCUT2D eigenvalue weighted by atomic mass is 15.6. The van der Waals surface area contributed by atoms with Gasteiger partial charge in [0.2, 0.25) is 0 Å². The summed E-state index contributed by atoms with van der Waals surface area (Å²) in [5, 5.41) is 12.5. The van der Waals surface area contributed by atoms with Crippen LogP contribution >= 0.6 is 0 Å². The van der Waals surface area contributed by atoms with Crippen LogP contribution in [0.2, 0.25) is 0 Å². The van der Waals surface area contributed by atoms with Crippen LogP contribution < -0.4 is 0 Å². The van der Waals surface area contributed by atoms with Crippen molar-refractivity contribution in [1.82, 2.24) is 20.2 Å². The molecule has 0 amide bonds. The average molecular weight is 224 g/mol. The SMILES string of the molecule is CCCCCCn1nnc(CC(C)(C)C)n1. The van der Waals surface area contributed by atoms with Gasteiger partial charge in [0.25, 0.3) is 0 Å². The fourth-order valence-electron chi connectivity index (χ4n) is 1.60. The molecule has 1 aromatic rings. The Bertz CT molecular complexity index is 298. The Kier molecular flexibility index (Phi) is 4.90. The molecule has 4 nitrogen and oxygen atoms in total. The van der Waals surface area contributed by atoms with Gasteiger partial charge in [0.1, 0.15) is 0 Å². The number of hydrogen-bond acceptors (Lipinski definition) is 3. The summed E-state index contributed by atoms with van der Waals surface area (Å²) in [6.07, 6.45) is 5.86. The minimum Gasteiger partial charge on any atom is -0.164 e. The van der Waals surface area contributed by atoms with Gasteiger partial charge in [0.05, 0.1) is 6.54 Å². The minimum absolute atomic E-state index is 0.232. The molecule has 0 radical (unpaired) electrons. The van der Waals surface area contributed by atoms with Gasteiger partial charge in [-0.2, -0.15) is 4.80 Å². The smallest absolute Gasteiger partial charge is 0.164 e. The lowest BCUT2D eigenvalue weighted by atomic mass is 9.92. The van der Waals surface area contributed by atoms with Crippen LogP contribution in [0.5, 0.6) is 0 Å². The van der Waals surface area contributed by atoms with E-state index >= 15 is 0 Å². The molecule has 16 heavy (non-hydrogen) atoms. The van der Waals surface area contributed by atoms with Gasteiger partial charge in [-0.3, -0.25) is 0 Å². The Labute approximate surface area is 98.4 Å². The van der Waals surface area contributed by atoms with Crippen LogP contribution in [0.3, 0.4) is 0 Å². The van der Waals surface area contributed by atoms with E-state index in [4.69, 9.17) is 0 Å². The quantitative estimate of drug-likeness (QED) is 0.698. The number of tetrazole rings is 1. The molecule has 0 aliphatic heterocycles. The zero-order valence-electron chi connectivity index (χ0n) is 11.0. The van der Waals surface area contributed by atoms with E-state index in [1.807, 2.05) is 0 Å². The number of nitrogens with zero attached hydrogens (tertiary/aromatic N) is 4. The van der Waals surface area contributed by atoms with Gasteiger partial charge in [0, 0.05) is 6.42 Å². The van der Waals surface area contributed by atoms with Crippen molar-refractivity contribution in [2.24, 2.45) is 5.41 Å². The highest BCUT2D eigenvalue weighted by Crippen LogP contribution is 2.17. The minimum atomic E-state index is 0.232. The third-order valence-corrected chi connectivity index (χ3v) is 2.39. The zero-order chi connectivity index (χ0) is 12.0. The standard InChI is InChI=1S/C12H24N4/c1-5-6-7-8-9-16-14-11(13-15-16)10-12(2,3)4/h5-10H2,1-4H3. The van der Waals surface area contributed by atoms with Crippen molar-refractivity contribution in [1.29, 1.82) is 0 Å². The Morgan fingerprint density at radius 2 is 1.88 bits per heavy atom. The zero-order valence-corrected chi connectivity index (χ0v) is 11.0. The van der Waals surface area contributed by atoms with Gasteiger partial charge in [-0.05, 0) is 17.0 Å². The van der Waals surface area contributed by atoms with E-state index in [2.05, 4.69) is 43.1 Å². The van der Waals surface area contributed by atoms with Crippen LogP contribution in [0.1, 0.15) is 59.2 Å². The summed E-state index contributed by atoms with van der Waals surface area (Å²) in [5.74, 6) is 0.864. The number of rotatable bonds is 6. The van der Waals surface area contributed by atoms with Gasteiger partial charge in [-0.25, -0.2) is 0 Å². The van der Waals surface area contributed by atoms with E-state index in [9.17, 15) is 0 Å². The Morgan fingerprint density at radius 1 is 1.12 bits per heavy atom. The van der Waals surface area contributed by atoms with Crippen molar-refractivity contribution in [3.63, 3.8) is 0 Å². The molecule has 0 spiro atoms. The first-order valence-corrected chi connectivity index (χ1v) is 6.28. The number of aryl methyl sites for hydroxylation is 1. The molecule has 0 bridgehead atoms. The van der Waals surface area contributed by atoms with Gasteiger partial charge >= 0.3 is 0 Å². The summed E-state index contributed by atoms with van der Waals surface area (Å²) in [6.45, 7) is 9.69. The lowest BCUT2D eigenvalue weighted by Crippen LogP contribution is -2.11. The van der Waals surface area contributed by atoms with Crippen LogP contribution in [0.15, 0.2) is 0 Å². The van der Waals surface area contributed by atoms with E-state index in [0.29, 0.717) is 0 Å². The number of hydrogen-bond donors (Lipinski definition) is 0. The molecule has 4 heteroatoms. The Morgan fingerprint density at radius 3 is 2.50 bits per heavy atom. The van der Waals surface area contributed by atoms with Crippen molar-refractivity contribution >= 4 is 0 Å². The molecule has 92 valence electrons. The largest absolute Gasteiger partial charge is 0.175 e. The van der Waals surface area contributed by atoms with E-state index in [0.717, 1.165) is 25.2 Å². The maximum Gasteiger partial charge on any atom is 0.175 e. The molecule has 0 aliphatic carbocycles. The first kappa shape index (κ1) is 13.1. The predicted molar refractivity (Wildman–Crippen MR) is 65.1 cm³/mol. The predicted octanol–water partition coefficient (Wildman–Crippen LogP) is 2.84. The van der Waals surface area contributed by atoms with Crippen LogP contribution in [0.4, 0.5) is 0 Å². The fourth-order valence-corrected chi connectivity index (χ4v) is 1.60. The van der Waals surface area contributed by atoms with Crippen molar-refractivity contribution in [2.45, 2.75) is 66.3 Å². The molecule has 1 heterocycles. The lowest BCUT2D eigenvalue weighted by Gasteiger charge is -2.14. The van der Waals surface area contributed by atoms with Crippen LogP contribution in [-0.2, 0) is 13.0 Å². The third-order valence-electron chi connectivity index (χ3n) is 2.39.